The van der Waals surface area contributed by atoms with E-state index in [0.29, 0.717) is 17.6 Å². The fraction of sp³-hybridized carbons (Fsp3) is 0.538. The molecule has 3 atom stereocenters. The van der Waals surface area contributed by atoms with Gasteiger partial charge in [0.15, 0.2) is 0 Å². The van der Waals surface area contributed by atoms with Gasteiger partial charge in [0, 0.05) is 24.8 Å². The Balaban J connectivity index is 1.88. The molecule has 5 heteroatoms. The number of rotatable bonds is 4. The van der Waals surface area contributed by atoms with Gasteiger partial charge >= 0.3 is 0 Å². The second-order valence-electron chi connectivity index (χ2n) is 5.21. The molecule has 0 bridgehead atoms. The van der Waals surface area contributed by atoms with Crippen molar-refractivity contribution < 1.29 is 4.79 Å². The molecule has 0 aromatic carbocycles. The average molecular weight is 246 g/mol. The summed E-state index contributed by atoms with van der Waals surface area (Å²) < 4.78 is 0. The van der Waals surface area contributed by atoms with Crippen LogP contribution in [0.25, 0.3) is 0 Å². The van der Waals surface area contributed by atoms with Crippen molar-refractivity contribution in [3.63, 3.8) is 0 Å². The highest BCUT2D eigenvalue weighted by molar-refractivity contribution is 5.93. The van der Waals surface area contributed by atoms with Gasteiger partial charge in [-0.1, -0.05) is 0 Å². The first-order valence-electron chi connectivity index (χ1n) is 6.38. The van der Waals surface area contributed by atoms with Gasteiger partial charge in [-0.25, -0.2) is 0 Å². The van der Waals surface area contributed by atoms with E-state index in [2.05, 4.69) is 15.2 Å². The first-order valence-corrected chi connectivity index (χ1v) is 6.38. The highest BCUT2D eigenvalue weighted by Crippen LogP contribution is 2.49. The van der Waals surface area contributed by atoms with E-state index < -0.39 is 5.91 Å². The van der Waals surface area contributed by atoms with Gasteiger partial charge in [-0.2, -0.15) is 0 Å². The highest BCUT2D eigenvalue weighted by Gasteiger charge is 2.51. The molecule has 0 spiro atoms. The molecule has 2 aliphatic rings. The number of fused-ring (bicyclic) bond motifs is 1. The third-order valence-corrected chi connectivity index (χ3v) is 3.96. The van der Waals surface area contributed by atoms with Gasteiger partial charge in [-0.3, -0.25) is 9.78 Å². The standard InChI is InChI=1S/C13H18N4O/c1-15-6-10-2-8-4-12(8)17(10)11-3-9(13(14)18)5-16-7-11/h3,5,7-8,10,12,15H,2,4,6H2,1H3,(H2,14,18). The molecule has 1 saturated carbocycles. The van der Waals surface area contributed by atoms with E-state index in [1.807, 2.05) is 19.3 Å². The number of carbonyl (C=O) groups excluding carboxylic acids is 1. The van der Waals surface area contributed by atoms with Crippen molar-refractivity contribution >= 4 is 11.6 Å². The molecule has 18 heavy (non-hydrogen) atoms. The van der Waals surface area contributed by atoms with Crippen molar-refractivity contribution in [2.75, 3.05) is 18.5 Å². The molecule has 1 aromatic heterocycles. The SMILES string of the molecule is CNCC1CC2CC2N1c1cncc(C(N)=O)c1. The van der Waals surface area contributed by atoms with Crippen molar-refractivity contribution in [3.8, 4) is 0 Å². The summed E-state index contributed by atoms with van der Waals surface area (Å²) in [5.41, 5.74) is 6.82. The van der Waals surface area contributed by atoms with Gasteiger partial charge < -0.3 is 16.0 Å². The number of amides is 1. The van der Waals surface area contributed by atoms with Gasteiger partial charge in [0.1, 0.15) is 0 Å². The Kier molecular flexibility index (Phi) is 2.70. The third kappa shape index (κ3) is 1.84. The molecule has 1 aromatic rings. The Hall–Kier alpha value is -1.62. The zero-order valence-corrected chi connectivity index (χ0v) is 10.5. The molecule has 3 rings (SSSR count). The van der Waals surface area contributed by atoms with Crippen LogP contribution in [0, 0.1) is 5.92 Å². The second-order valence-corrected chi connectivity index (χ2v) is 5.21. The molecule has 1 aliphatic carbocycles. The monoisotopic (exact) mass is 246 g/mol. The van der Waals surface area contributed by atoms with E-state index in [0.717, 1.165) is 18.2 Å². The number of nitrogens with one attached hydrogen (secondary N) is 1. The molecule has 2 heterocycles. The normalized spacial score (nSPS) is 29.2. The minimum Gasteiger partial charge on any atom is -0.366 e. The third-order valence-electron chi connectivity index (χ3n) is 3.96. The minimum absolute atomic E-state index is 0.416. The Morgan fingerprint density at radius 2 is 2.39 bits per heavy atom. The highest BCUT2D eigenvalue weighted by atomic mass is 16.1. The van der Waals surface area contributed by atoms with Crippen LogP contribution in [0.1, 0.15) is 23.2 Å². The fourth-order valence-electron chi connectivity index (χ4n) is 3.08. The number of likely N-dealkylation sites (N-methyl/N-ethyl adjacent to an activating group) is 1. The lowest BCUT2D eigenvalue weighted by molar-refractivity contribution is 0.1000. The van der Waals surface area contributed by atoms with E-state index in [1.165, 1.54) is 19.0 Å². The molecular weight excluding hydrogens is 228 g/mol. The van der Waals surface area contributed by atoms with E-state index in [9.17, 15) is 4.79 Å². The Bertz CT molecular complexity index is 476. The maximum Gasteiger partial charge on any atom is 0.250 e. The molecule has 1 saturated heterocycles. The number of hydrogen-bond acceptors (Lipinski definition) is 4. The summed E-state index contributed by atoms with van der Waals surface area (Å²) in [6, 6.07) is 3.00. The van der Waals surface area contributed by atoms with Crippen LogP contribution in [0.3, 0.4) is 0 Å². The van der Waals surface area contributed by atoms with E-state index in [-0.39, 0.29) is 0 Å². The van der Waals surface area contributed by atoms with E-state index in [4.69, 9.17) is 5.73 Å². The Labute approximate surface area is 106 Å². The van der Waals surface area contributed by atoms with Crippen LogP contribution in [-0.4, -0.2) is 36.6 Å². The summed E-state index contributed by atoms with van der Waals surface area (Å²) in [7, 11) is 1.97. The molecule has 1 amide bonds. The Morgan fingerprint density at radius 1 is 1.56 bits per heavy atom. The number of piperidine rings is 1. The van der Waals surface area contributed by atoms with Crippen molar-refractivity contribution in [1.82, 2.24) is 10.3 Å². The number of aromatic nitrogens is 1. The fourth-order valence-corrected chi connectivity index (χ4v) is 3.08. The number of anilines is 1. The van der Waals surface area contributed by atoms with Crippen molar-refractivity contribution in [3.05, 3.63) is 24.0 Å². The lowest BCUT2D eigenvalue weighted by Gasteiger charge is -2.29. The van der Waals surface area contributed by atoms with Crippen LogP contribution in [0.5, 0.6) is 0 Å². The van der Waals surface area contributed by atoms with Gasteiger partial charge in [0.25, 0.3) is 0 Å². The maximum atomic E-state index is 11.2. The summed E-state index contributed by atoms with van der Waals surface area (Å²) in [4.78, 5) is 17.8. The van der Waals surface area contributed by atoms with Gasteiger partial charge in [0.05, 0.1) is 17.4 Å². The first kappa shape index (κ1) is 11.5. The molecule has 3 N–H and O–H groups in total. The predicted octanol–water partition coefficient (Wildman–Crippen LogP) is 0.367. The number of hydrogen-bond donors (Lipinski definition) is 2. The van der Waals surface area contributed by atoms with Crippen molar-refractivity contribution in [2.45, 2.75) is 24.9 Å². The summed E-state index contributed by atoms with van der Waals surface area (Å²) in [5.74, 6) is 0.404. The number of nitrogens with two attached hydrogens (primary N) is 1. The largest absolute Gasteiger partial charge is 0.366 e. The van der Waals surface area contributed by atoms with Crippen LogP contribution in [0.4, 0.5) is 5.69 Å². The number of carbonyl (C=O) groups is 1. The van der Waals surface area contributed by atoms with Gasteiger partial charge in [-0.15, -0.1) is 0 Å². The molecule has 0 radical (unpaired) electrons. The number of pyridine rings is 1. The van der Waals surface area contributed by atoms with Crippen molar-refractivity contribution in [1.29, 1.82) is 0 Å². The van der Waals surface area contributed by atoms with Gasteiger partial charge in [-0.05, 0) is 31.9 Å². The lowest BCUT2D eigenvalue weighted by Crippen LogP contribution is -2.39. The van der Waals surface area contributed by atoms with Crippen LogP contribution in [0.2, 0.25) is 0 Å². The number of nitrogens with zero attached hydrogens (tertiary/aromatic N) is 2. The van der Waals surface area contributed by atoms with Crippen LogP contribution < -0.4 is 16.0 Å². The summed E-state index contributed by atoms with van der Waals surface area (Å²) in [6.07, 6.45) is 5.85. The molecule has 96 valence electrons. The van der Waals surface area contributed by atoms with Crippen LogP contribution in [0.15, 0.2) is 18.5 Å². The molecule has 3 unspecified atom stereocenters. The molecule has 5 nitrogen and oxygen atoms in total. The minimum atomic E-state index is -0.416. The van der Waals surface area contributed by atoms with E-state index >= 15 is 0 Å². The van der Waals surface area contributed by atoms with E-state index in [1.54, 1.807) is 0 Å². The summed E-state index contributed by atoms with van der Waals surface area (Å²) in [5, 5.41) is 3.23. The molecule has 1 aliphatic heterocycles. The smallest absolute Gasteiger partial charge is 0.250 e. The first-order chi connectivity index (χ1) is 8.70. The molecular formula is C13H18N4O. The van der Waals surface area contributed by atoms with Crippen LogP contribution >= 0.6 is 0 Å². The quantitative estimate of drug-likeness (QED) is 0.805. The zero-order valence-electron chi connectivity index (χ0n) is 10.5. The van der Waals surface area contributed by atoms with Crippen molar-refractivity contribution in [2.24, 2.45) is 11.7 Å². The van der Waals surface area contributed by atoms with Crippen LogP contribution in [-0.2, 0) is 0 Å². The Morgan fingerprint density at radius 3 is 3.11 bits per heavy atom. The molecule has 2 fully saturated rings. The second kappa shape index (κ2) is 4.24. The summed E-state index contributed by atoms with van der Waals surface area (Å²) >= 11 is 0. The lowest BCUT2D eigenvalue weighted by atomic mass is 10.1. The van der Waals surface area contributed by atoms with Gasteiger partial charge in [0.2, 0.25) is 5.91 Å². The average Bonchev–Trinajstić information content (AvgIpc) is 3.02. The maximum absolute atomic E-state index is 11.2. The predicted molar refractivity (Wildman–Crippen MR) is 69.5 cm³/mol. The summed E-state index contributed by atoms with van der Waals surface area (Å²) in [6.45, 7) is 0.966. The number of primary amides is 1. The zero-order chi connectivity index (χ0) is 12.7. The topological polar surface area (TPSA) is 71.2 Å².